The molecule has 0 aliphatic carbocycles. The average molecular weight is 499 g/mol. The molecule has 0 spiro atoms. The van der Waals surface area contributed by atoms with Gasteiger partial charge >= 0.3 is 0 Å². The summed E-state index contributed by atoms with van der Waals surface area (Å²) in [6.07, 6.45) is 2.31. The quantitative estimate of drug-likeness (QED) is 0.391. The Bertz CT molecular complexity index is 1490. The first-order valence-electron chi connectivity index (χ1n) is 12.8. The molecule has 2 aromatic carbocycles. The largest absolute Gasteiger partial charge is 0.356 e. The van der Waals surface area contributed by atoms with E-state index in [0.29, 0.717) is 44.2 Å². The van der Waals surface area contributed by atoms with E-state index >= 15 is 0 Å². The molecule has 4 aromatic rings. The fraction of sp³-hybridized carbons (Fsp3) is 0.357. The maximum Gasteiger partial charge on any atom is 0.257 e. The molecule has 6 rings (SSSR count). The molecule has 1 atom stereocenters. The van der Waals surface area contributed by atoms with Crippen molar-refractivity contribution in [2.24, 2.45) is 0 Å². The Balaban J connectivity index is 1.24. The van der Waals surface area contributed by atoms with Gasteiger partial charge in [0, 0.05) is 50.4 Å². The van der Waals surface area contributed by atoms with Crippen LogP contribution < -0.4 is 10.2 Å². The Hall–Kier alpha value is -4.14. The zero-order valence-corrected chi connectivity index (χ0v) is 21.1. The Kier molecular flexibility index (Phi) is 5.90. The number of anilines is 1. The van der Waals surface area contributed by atoms with Gasteiger partial charge in [-0.15, -0.1) is 0 Å². The molecule has 9 heteroatoms. The Morgan fingerprint density at radius 3 is 2.81 bits per heavy atom. The van der Waals surface area contributed by atoms with Crippen LogP contribution in [0.15, 0.2) is 53.1 Å². The van der Waals surface area contributed by atoms with Crippen LogP contribution in [0.25, 0.3) is 10.9 Å². The zero-order chi connectivity index (χ0) is 25.5. The van der Waals surface area contributed by atoms with Crippen molar-refractivity contribution in [3.8, 4) is 0 Å². The normalized spacial score (nSPS) is 16.5. The number of aromatic nitrogens is 3. The number of aryl methyl sites for hydroxylation is 3. The van der Waals surface area contributed by atoms with Crippen LogP contribution in [-0.4, -0.2) is 51.6 Å². The number of hydrogen-bond acceptors (Lipinski definition) is 6. The fourth-order valence-corrected chi connectivity index (χ4v) is 5.76. The van der Waals surface area contributed by atoms with E-state index in [4.69, 9.17) is 4.52 Å². The lowest BCUT2D eigenvalue weighted by Gasteiger charge is -2.46. The van der Waals surface area contributed by atoms with Gasteiger partial charge in [0.1, 0.15) is 6.17 Å². The summed E-state index contributed by atoms with van der Waals surface area (Å²) in [7, 11) is 2.05. The van der Waals surface area contributed by atoms with E-state index in [2.05, 4.69) is 50.2 Å². The van der Waals surface area contributed by atoms with Crippen LogP contribution in [0.1, 0.15) is 52.3 Å². The molecular formula is C28H30N6O3. The van der Waals surface area contributed by atoms with Crippen molar-refractivity contribution in [1.29, 1.82) is 0 Å². The lowest BCUT2D eigenvalue weighted by molar-refractivity contribution is -0.121. The predicted octanol–water partition coefficient (Wildman–Crippen LogP) is 3.62. The number of fused-ring (bicyclic) bond motifs is 6. The minimum Gasteiger partial charge on any atom is -0.356 e. The van der Waals surface area contributed by atoms with Crippen molar-refractivity contribution < 1.29 is 14.1 Å². The number of nitrogens with zero attached hydrogens (tertiary/aromatic N) is 5. The van der Waals surface area contributed by atoms with Gasteiger partial charge < -0.3 is 24.2 Å². The molecule has 9 nitrogen and oxygen atoms in total. The van der Waals surface area contributed by atoms with E-state index in [9.17, 15) is 9.59 Å². The molecule has 4 heterocycles. The predicted molar refractivity (Wildman–Crippen MR) is 139 cm³/mol. The highest BCUT2D eigenvalue weighted by Gasteiger charge is 2.42. The lowest BCUT2D eigenvalue weighted by atomic mass is 9.96. The molecule has 0 saturated carbocycles. The highest BCUT2D eigenvalue weighted by Crippen LogP contribution is 2.44. The number of carbonyl (C=O) groups is 2. The number of hydrogen-bond donors (Lipinski definition) is 1. The van der Waals surface area contributed by atoms with Crippen LogP contribution in [0, 0.1) is 6.92 Å². The second-order valence-electron chi connectivity index (χ2n) is 9.72. The van der Waals surface area contributed by atoms with Gasteiger partial charge in [-0.1, -0.05) is 35.5 Å². The molecule has 0 radical (unpaired) electrons. The Labute approximate surface area is 215 Å². The number of carbonyl (C=O) groups excluding carboxylic acids is 2. The van der Waals surface area contributed by atoms with Gasteiger partial charge in [0.15, 0.2) is 5.82 Å². The van der Waals surface area contributed by atoms with Crippen LogP contribution in [0.4, 0.5) is 5.69 Å². The monoisotopic (exact) mass is 498 g/mol. The van der Waals surface area contributed by atoms with E-state index < -0.39 is 0 Å². The molecule has 0 fully saturated rings. The van der Waals surface area contributed by atoms with E-state index in [1.807, 2.05) is 35.2 Å². The summed E-state index contributed by atoms with van der Waals surface area (Å²) < 4.78 is 7.38. The summed E-state index contributed by atoms with van der Waals surface area (Å²) in [5.74, 6) is 1.28. The van der Waals surface area contributed by atoms with Gasteiger partial charge in [-0.3, -0.25) is 9.59 Å². The highest BCUT2D eigenvalue weighted by molar-refractivity contribution is 6.02. The van der Waals surface area contributed by atoms with Crippen molar-refractivity contribution in [1.82, 2.24) is 24.9 Å². The van der Waals surface area contributed by atoms with Gasteiger partial charge in [-0.25, -0.2) is 0 Å². The SMILES string of the molecule is Cc1noc(CCCNC(=O)CCn2c3c(c4ccccc42)CCN2C(=O)c4ccccc4N(C)[C@@H]32)n1. The van der Waals surface area contributed by atoms with Crippen molar-refractivity contribution in [3.63, 3.8) is 0 Å². The maximum absolute atomic E-state index is 13.5. The summed E-state index contributed by atoms with van der Waals surface area (Å²) in [5, 5.41) is 8.01. The van der Waals surface area contributed by atoms with Gasteiger partial charge in [-0.05, 0) is 43.5 Å². The Morgan fingerprint density at radius 2 is 1.97 bits per heavy atom. The molecule has 2 aliphatic rings. The van der Waals surface area contributed by atoms with E-state index in [1.165, 1.54) is 10.9 Å². The molecule has 0 saturated heterocycles. The molecule has 2 amide bonds. The fourth-order valence-electron chi connectivity index (χ4n) is 5.76. The molecule has 0 unspecified atom stereocenters. The third-order valence-corrected chi connectivity index (χ3v) is 7.43. The van der Waals surface area contributed by atoms with Crippen molar-refractivity contribution in [2.75, 3.05) is 25.0 Å². The second-order valence-corrected chi connectivity index (χ2v) is 9.72. The lowest BCUT2D eigenvalue weighted by Crippen LogP contribution is -2.51. The van der Waals surface area contributed by atoms with Crippen molar-refractivity contribution in [2.45, 2.75) is 45.3 Å². The first-order valence-corrected chi connectivity index (χ1v) is 12.8. The van der Waals surface area contributed by atoms with Gasteiger partial charge in [0.2, 0.25) is 11.8 Å². The molecule has 190 valence electrons. The molecule has 1 N–H and O–H groups in total. The van der Waals surface area contributed by atoms with E-state index in [0.717, 1.165) is 35.3 Å². The van der Waals surface area contributed by atoms with Gasteiger partial charge in [0.05, 0.1) is 16.9 Å². The van der Waals surface area contributed by atoms with Crippen molar-refractivity contribution in [3.05, 3.63) is 77.1 Å². The van der Waals surface area contributed by atoms with Gasteiger partial charge in [-0.2, -0.15) is 4.98 Å². The number of para-hydroxylation sites is 2. The smallest absolute Gasteiger partial charge is 0.257 e. The minimum atomic E-state index is -0.209. The molecule has 0 bridgehead atoms. The maximum atomic E-state index is 13.5. The standard InChI is InChI=1S/C28H30N6O3/c1-18-30-25(37-31-18)12-7-15-29-24(35)14-17-33-23-11-6-3-8-19(23)20-13-16-34-27(26(20)33)32(2)22-10-5-4-9-21(22)28(34)36/h3-6,8-11,27H,7,12-17H2,1-2H3,(H,29,35)/t27-/m1/s1. The topological polar surface area (TPSA) is 96.5 Å². The summed E-state index contributed by atoms with van der Waals surface area (Å²) in [5.41, 5.74) is 5.16. The summed E-state index contributed by atoms with van der Waals surface area (Å²) in [6, 6.07) is 16.2. The van der Waals surface area contributed by atoms with Crippen LogP contribution in [-0.2, 0) is 24.2 Å². The van der Waals surface area contributed by atoms with E-state index in [-0.39, 0.29) is 18.0 Å². The minimum absolute atomic E-state index is 0.000623. The number of amides is 2. The number of benzene rings is 2. The molecular weight excluding hydrogens is 468 g/mol. The molecule has 37 heavy (non-hydrogen) atoms. The molecule has 2 aliphatic heterocycles. The summed E-state index contributed by atoms with van der Waals surface area (Å²) in [4.78, 5) is 34.6. The third-order valence-electron chi connectivity index (χ3n) is 7.43. The zero-order valence-electron chi connectivity index (χ0n) is 21.1. The summed E-state index contributed by atoms with van der Waals surface area (Å²) in [6.45, 7) is 3.55. The number of rotatable bonds is 7. The van der Waals surface area contributed by atoms with Crippen LogP contribution in [0.5, 0.6) is 0 Å². The third kappa shape index (κ3) is 4.04. The number of nitrogens with one attached hydrogen (secondary N) is 1. The van der Waals surface area contributed by atoms with Crippen LogP contribution in [0.2, 0.25) is 0 Å². The summed E-state index contributed by atoms with van der Waals surface area (Å²) >= 11 is 0. The first-order chi connectivity index (χ1) is 18.0. The van der Waals surface area contributed by atoms with E-state index in [1.54, 1.807) is 6.92 Å². The van der Waals surface area contributed by atoms with Crippen molar-refractivity contribution >= 4 is 28.4 Å². The van der Waals surface area contributed by atoms with Gasteiger partial charge in [0.25, 0.3) is 5.91 Å². The highest BCUT2D eigenvalue weighted by atomic mass is 16.5. The average Bonchev–Trinajstić information content (AvgIpc) is 3.48. The first kappa shape index (κ1) is 23.3. The van der Waals surface area contributed by atoms with Crippen LogP contribution in [0.3, 0.4) is 0 Å². The van der Waals surface area contributed by atoms with Crippen LogP contribution >= 0.6 is 0 Å². The second kappa shape index (κ2) is 9.38. The molecule has 2 aromatic heterocycles. The Morgan fingerprint density at radius 1 is 1.16 bits per heavy atom.